The third-order valence-corrected chi connectivity index (χ3v) is 4.80. The lowest BCUT2D eigenvalue weighted by molar-refractivity contribution is 1.11. The van der Waals surface area contributed by atoms with Crippen molar-refractivity contribution < 1.29 is 0 Å². The molecule has 0 saturated carbocycles. The second-order valence-electron chi connectivity index (χ2n) is 5.68. The molecule has 0 aliphatic rings. The SMILES string of the molecule is Cc1cc2c(NCc3ccccc3)nc(-c3ccccc3)nc2s1. The molecule has 4 rings (SSSR count). The van der Waals surface area contributed by atoms with Crippen LogP contribution in [0, 0.1) is 6.92 Å². The van der Waals surface area contributed by atoms with E-state index in [4.69, 9.17) is 9.97 Å². The third kappa shape index (κ3) is 3.01. The average molecular weight is 331 g/mol. The molecule has 118 valence electrons. The van der Waals surface area contributed by atoms with E-state index >= 15 is 0 Å². The van der Waals surface area contributed by atoms with E-state index in [1.54, 1.807) is 11.3 Å². The molecule has 0 spiro atoms. The topological polar surface area (TPSA) is 37.8 Å². The molecule has 0 atom stereocenters. The Labute approximate surface area is 145 Å². The van der Waals surface area contributed by atoms with Gasteiger partial charge in [-0.1, -0.05) is 60.7 Å². The average Bonchev–Trinajstić information content (AvgIpc) is 3.01. The lowest BCUT2D eigenvalue weighted by Gasteiger charge is -2.09. The zero-order chi connectivity index (χ0) is 16.4. The lowest BCUT2D eigenvalue weighted by atomic mass is 10.2. The summed E-state index contributed by atoms with van der Waals surface area (Å²) in [6.07, 6.45) is 0. The molecular weight excluding hydrogens is 314 g/mol. The van der Waals surface area contributed by atoms with E-state index in [2.05, 4.69) is 42.6 Å². The molecule has 2 aromatic carbocycles. The van der Waals surface area contributed by atoms with E-state index in [1.807, 2.05) is 36.4 Å². The fourth-order valence-corrected chi connectivity index (χ4v) is 3.55. The van der Waals surface area contributed by atoms with Gasteiger partial charge in [-0.3, -0.25) is 0 Å². The Bertz CT molecular complexity index is 962. The summed E-state index contributed by atoms with van der Waals surface area (Å²) in [6, 6.07) is 22.6. The summed E-state index contributed by atoms with van der Waals surface area (Å²) in [5, 5.41) is 4.57. The first-order valence-corrected chi connectivity index (χ1v) is 8.72. The predicted molar refractivity (Wildman–Crippen MR) is 101 cm³/mol. The lowest BCUT2D eigenvalue weighted by Crippen LogP contribution is -2.03. The Hall–Kier alpha value is -2.72. The molecule has 1 N–H and O–H groups in total. The molecule has 0 bridgehead atoms. The standard InChI is InChI=1S/C20H17N3S/c1-14-12-17-19(21-13-15-8-4-2-5-9-15)22-18(23-20(17)24-14)16-10-6-3-7-11-16/h2-12H,13H2,1H3,(H,21,22,23). The van der Waals surface area contributed by atoms with Gasteiger partial charge in [-0.25, -0.2) is 9.97 Å². The predicted octanol–water partition coefficient (Wildman–Crippen LogP) is 5.28. The minimum Gasteiger partial charge on any atom is -0.365 e. The molecule has 0 amide bonds. The first kappa shape index (κ1) is 14.8. The summed E-state index contributed by atoms with van der Waals surface area (Å²) in [7, 11) is 0. The number of hydrogen-bond donors (Lipinski definition) is 1. The summed E-state index contributed by atoms with van der Waals surface area (Å²) in [5.74, 6) is 1.66. The number of hydrogen-bond acceptors (Lipinski definition) is 4. The van der Waals surface area contributed by atoms with Crippen molar-refractivity contribution in [2.45, 2.75) is 13.5 Å². The first-order chi connectivity index (χ1) is 11.8. The second kappa shape index (κ2) is 6.42. The van der Waals surface area contributed by atoms with Crippen LogP contribution in [0.5, 0.6) is 0 Å². The number of thiophene rings is 1. The molecule has 2 heterocycles. The normalized spacial score (nSPS) is 10.9. The van der Waals surface area contributed by atoms with Gasteiger partial charge in [0.05, 0.1) is 5.39 Å². The Morgan fingerprint density at radius 1 is 0.917 bits per heavy atom. The Kier molecular flexibility index (Phi) is 3.97. The van der Waals surface area contributed by atoms with E-state index in [9.17, 15) is 0 Å². The summed E-state index contributed by atoms with van der Waals surface area (Å²) < 4.78 is 0. The van der Waals surface area contributed by atoms with Crippen LogP contribution in [0.4, 0.5) is 5.82 Å². The van der Waals surface area contributed by atoms with Gasteiger partial charge in [-0.15, -0.1) is 11.3 Å². The largest absolute Gasteiger partial charge is 0.365 e. The fraction of sp³-hybridized carbons (Fsp3) is 0.100. The summed E-state index contributed by atoms with van der Waals surface area (Å²) in [6.45, 7) is 2.85. The van der Waals surface area contributed by atoms with Gasteiger partial charge in [0.25, 0.3) is 0 Å². The van der Waals surface area contributed by atoms with Crippen LogP contribution in [-0.4, -0.2) is 9.97 Å². The smallest absolute Gasteiger partial charge is 0.163 e. The molecule has 0 aliphatic carbocycles. The van der Waals surface area contributed by atoms with E-state index < -0.39 is 0 Å². The summed E-state index contributed by atoms with van der Waals surface area (Å²) in [4.78, 5) is 11.8. The number of benzene rings is 2. The van der Waals surface area contributed by atoms with Crippen molar-refractivity contribution in [1.29, 1.82) is 0 Å². The highest BCUT2D eigenvalue weighted by Crippen LogP contribution is 2.31. The zero-order valence-corrected chi connectivity index (χ0v) is 14.2. The molecule has 0 aliphatic heterocycles. The van der Waals surface area contributed by atoms with E-state index in [0.717, 1.165) is 34.0 Å². The van der Waals surface area contributed by atoms with Crippen molar-refractivity contribution >= 4 is 27.4 Å². The maximum Gasteiger partial charge on any atom is 0.163 e. The quantitative estimate of drug-likeness (QED) is 0.553. The van der Waals surface area contributed by atoms with Gasteiger partial charge in [0, 0.05) is 17.0 Å². The minimum atomic E-state index is 0.746. The highest BCUT2D eigenvalue weighted by molar-refractivity contribution is 7.18. The van der Waals surface area contributed by atoms with Gasteiger partial charge in [0.2, 0.25) is 0 Å². The third-order valence-electron chi connectivity index (χ3n) is 3.85. The molecule has 0 saturated heterocycles. The maximum absolute atomic E-state index is 4.78. The van der Waals surface area contributed by atoms with Crippen LogP contribution in [0.25, 0.3) is 21.6 Å². The number of nitrogens with zero attached hydrogens (tertiary/aromatic N) is 2. The maximum atomic E-state index is 4.78. The van der Waals surface area contributed by atoms with Crippen molar-refractivity contribution in [1.82, 2.24) is 9.97 Å². The van der Waals surface area contributed by atoms with Crippen LogP contribution in [0.3, 0.4) is 0 Å². The van der Waals surface area contributed by atoms with Crippen LogP contribution in [0.2, 0.25) is 0 Å². The molecule has 0 unspecified atom stereocenters. The van der Waals surface area contributed by atoms with Gasteiger partial charge < -0.3 is 5.32 Å². The van der Waals surface area contributed by atoms with E-state index in [0.29, 0.717) is 0 Å². The summed E-state index contributed by atoms with van der Waals surface area (Å²) in [5.41, 5.74) is 2.27. The summed E-state index contributed by atoms with van der Waals surface area (Å²) >= 11 is 1.71. The molecule has 3 nitrogen and oxygen atoms in total. The van der Waals surface area contributed by atoms with Crippen LogP contribution in [-0.2, 0) is 6.54 Å². The number of aromatic nitrogens is 2. The van der Waals surface area contributed by atoms with E-state index in [1.165, 1.54) is 10.4 Å². The highest BCUT2D eigenvalue weighted by atomic mass is 32.1. The van der Waals surface area contributed by atoms with Crippen LogP contribution in [0.1, 0.15) is 10.4 Å². The van der Waals surface area contributed by atoms with Gasteiger partial charge in [-0.2, -0.15) is 0 Å². The Balaban J connectivity index is 1.75. The van der Waals surface area contributed by atoms with Crippen molar-refractivity contribution in [2.24, 2.45) is 0 Å². The Morgan fingerprint density at radius 3 is 2.38 bits per heavy atom. The molecule has 4 aromatic rings. The monoisotopic (exact) mass is 331 g/mol. The van der Waals surface area contributed by atoms with Gasteiger partial charge in [-0.05, 0) is 18.6 Å². The van der Waals surface area contributed by atoms with Crippen molar-refractivity contribution in [3.05, 3.63) is 77.2 Å². The molecule has 0 fully saturated rings. The first-order valence-electron chi connectivity index (χ1n) is 7.91. The van der Waals surface area contributed by atoms with Gasteiger partial charge in [0.15, 0.2) is 5.82 Å². The van der Waals surface area contributed by atoms with Crippen LogP contribution >= 0.6 is 11.3 Å². The second-order valence-corrected chi connectivity index (χ2v) is 6.91. The zero-order valence-electron chi connectivity index (χ0n) is 13.4. The number of aryl methyl sites for hydroxylation is 1. The molecular formula is C20H17N3S. The van der Waals surface area contributed by atoms with Crippen LogP contribution in [0.15, 0.2) is 66.7 Å². The van der Waals surface area contributed by atoms with Crippen molar-refractivity contribution in [2.75, 3.05) is 5.32 Å². The fourth-order valence-electron chi connectivity index (χ4n) is 2.67. The number of fused-ring (bicyclic) bond motifs is 1. The highest BCUT2D eigenvalue weighted by Gasteiger charge is 2.11. The minimum absolute atomic E-state index is 0.746. The van der Waals surface area contributed by atoms with Crippen LogP contribution < -0.4 is 5.32 Å². The molecule has 0 radical (unpaired) electrons. The molecule has 2 aromatic heterocycles. The number of anilines is 1. The molecule has 24 heavy (non-hydrogen) atoms. The number of rotatable bonds is 4. The Morgan fingerprint density at radius 2 is 1.62 bits per heavy atom. The molecule has 4 heteroatoms. The van der Waals surface area contributed by atoms with Gasteiger partial charge >= 0.3 is 0 Å². The van der Waals surface area contributed by atoms with Crippen molar-refractivity contribution in [3.63, 3.8) is 0 Å². The van der Waals surface area contributed by atoms with Crippen molar-refractivity contribution in [3.8, 4) is 11.4 Å². The van der Waals surface area contributed by atoms with E-state index in [-0.39, 0.29) is 0 Å². The van der Waals surface area contributed by atoms with Gasteiger partial charge in [0.1, 0.15) is 10.6 Å². The number of nitrogens with one attached hydrogen (secondary N) is 1.